The van der Waals surface area contributed by atoms with Crippen LogP contribution in [0.5, 0.6) is 5.75 Å². The molecule has 0 amide bonds. The molecule has 2 aromatic heterocycles. The van der Waals surface area contributed by atoms with Gasteiger partial charge in [-0.1, -0.05) is 11.6 Å². The molecule has 0 atom stereocenters. The highest BCUT2D eigenvalue weighted by Crippen LogP contribution is 2.24. The van der Waals surface area contributed by atoms with E-state index in [-0.39, 0.29) is 12.6 Å². The Bertz CT molecular complexity index is 827. The van der Waals surface area contributed by atoms with E-state index in [1.807, 2.05) is 47.0 Å². The minimum absolute atomic E-state index is 0.0959. The Labute approximate surface area is 138 Å². The molecule has 0 aliphatic rings. The molecule has 1 aromatic carbocycles. The number of hydrogen-bond acceptors (Lipinski definition) is 4. The molecule has 23 heavy (non-hydrogen) atoms. The third-order valence-electron chi connectivity index (χ3n) is 3.29. The van der Waals surface area contributed by atoms with Crippen LogP contribution >= 0.6 is 11.6 Å². The standard InChI is InChI=1S/C17H15ClN2O3/c1-2-22-17(21)11-23-14-5-3-12(4-6-14)15-10-19-16-9-13(18)7-8-20(15)16/h3-10H,2,11H2,1H3. The van der Waals surface area contributed by atoms with Crippen LogP contribution in [-0.4, -0.2) is 28.6 Å². The highest BCUT2D eigenvalue weighted by molar-refractivity contribution is 6.30. The van der Waals surface area contributed by atoms with E-state index in [0.29, 0.717) is 17.4 Å². The largest absolute Gasteiger partial charge is 0.482 e. The van der Waals surface area contributed by atoms with E-state index >= 15 is 0 Å². The van der Waals surface area contributed by atoms with Crippen LogP contribution in [0.3, 0.4) is 0 Å². The van der Waals surface area contributed by atoms with Crippen molar-refractivity contribution in [2.45, 2.75) is 6.92 Å². The van der Waals surface area contributed by atoms with Gasteiger partial charge in [0.15, 0.2) is 6.61 Å². The molecule has 0 N–H and O–H groups in total. The molecule has 0 aliphatic heterocycles. The fourth-order valence-corrected chi connectivity index (χ4v) is 2.39. The molecule has 2 heterocycles. The molecule has 5 nitrogen and oxygen atoms in total. The molecule has 0 unspecified atom stereocenters. The van der Waals surface area contributed by atoms with Gasteiger partial charge in [-0.05, 0) is 37.3 Å². The molecular formula is C17H15ClN2O3. The van der Waals surface area contributed by atoms with Crippen molar-refractivity contribution in [3.05, 3.63) is 53.8 Å². The second-order valence-electron chi connectivity index (χ2n) is 4.83. The van der Waals surface area contributed by atoms with Gasteiger partial charge in [0, 0.05) is 22.8 Å². The monoisotopic (exact) mass is 330 g/mol. The van der Waals surface area contributed by atoms with Gasteiger partial charge in [-0.3, -0.25) is 4.40 Å². The van der Waals surface area contributed by atoms with Gasteiger partial charge in [-0.2, -0.15) is 0 Å². The van der Waals surface area contributed by atoms with Gasteiger partial charge in [0.05, 0.1) is 18.5 Å². The van der Waals surface area contributed by atoms with Crippen LogP contribution in [0.4, 0.5) is 0 Å². The van der Waals surface area contributed by atoms with Crippen LogP contribution in [0.15, 0.2) is 48.8 Å². The quantitative estimate of drug-likeness (QED) is 0.671. The van der Waals surface area contributed by atoms with Gasteiger partial charge in [0.2, 0.25) is 0 Å². The van der Waals surface area contributed by atoms with E-state index in [0.717, 1.165) is 16.9 Å². The summed E-state index contributed by atoms with van der Waals surface area (Å²) in [6, 6.07) is 11.1. The number of benzene rings is 1. The summed E-state index contributed by atoms with van der Waals surface area (Å²) in [6.45, 7) is 2.01. The Morgan fingerprint density at radius 1 is 1.26 bits per heavy atom. The van der Waals surface area contributed by atoms with Crippen LogP contribution < -0.4 is 4.74 Å². The normalized spacial score (nSPS) is 10.7. The number of esters is 1. The molecular weight excluding hydrogens is 316 g/mol. The molecule has 0 saturated carbocycles. The van der Waals surface area contributed by atoms with Crippen molar-refractivity contribution in [2.24, 2.45) is 0 Å². The van der Waals surface area contributed by atoms with Gasteiger partial charge in [0.25, 0.3) is 0 Å². The fraction of sp³-hybridized carbons (Fsp3) is 0.176. The second-order valence-corrected chi connectivity index (χ2v) is 5.27. The van der Waals surface area contributed by atoms with E-state index in [2.05, 4.69) is 4.98 Å². The van der Waals surface area contributed by atoms with Crippen LogP contribution in [0.1, 0.15) is 6.92 Å². The summed E-state index contributed by atoms with van der Waals surface area (Å²) >= 11 is 5.97. The minimum atomic E-state index is -0.379. The van der Waals surface area contributed by atoms with Gasteiger partial charge in [-0.25, -0.2) is 9.78 Å². The number of imidazole rings is 1. The van der Waals surface area contributed by atoms with E-state index in [1.54, 1.807) is 13.1 Å². The molecule has 3 aromatic rings. The fourth-order valence-electron chi connectivity index (χ4n) is 2.24. The summed E-state index contributed by atoms with van der Waals surface area (Å²) in [5.41, 5.74) is 2.73. The third-order valence-corrected chi connectivity index (χ3v) is 3.52. The SMILES string of the molecule is CCOC(=O)COc1ccc(-c2cnc3cc(Cl)ccn23)cc1. The van der Waals surface area contributed by atoms with Crippen molar-refractivity contribution in [2.75, 3.05) is 13.2 Å². The first kappa shape index (κ1) is 15.4. The van der Waals surface area contributed by atoms with Crippen molar-refractivity contribution in [3.8, 4) is 17.0 Å². The zero-order valence-electron chi connectivity index (χ0n) is 12.5. The number of carbonyl (C=O) groups excluding carboxylic acids is 1. The number of rotatable bonds is 5. The van der Waals surface area contributed by atoms with Crippen molar-refractivity contribution < 1.29 is 14.3 Å². The molecule has 0 bridgehead atoms. The summed E-state index contributed by atoms with van der Waals surface area (Å²) in [4.78, 5) is 15.6. The first-order chi connectivity index (χ1) is 11.2. The van der Waals surface area contributed by atoms with E-state index in [4.69, 9.17) is 21.1 Å². The lowest BCUT2D eigenvalue weighted by atomic mass is 10.1. The molecule has 0 spiro atoms. The zero-order valence-corrected chi connectivity index (χ0v) is 13.3. The zero-order chi connectivity index (χ0) is 16.2. The number of aromatic nitrogens is 2. The van der Waals surface area contributed by atoms with Crippen LogP contribution in [0.2, 0.25) is 5.02 Å². The van der Waals surface area contributed by atoms with Gasteiger partial charge >= 0.3 is 5.97 Å². The lowest BCUT2D eigenvalue weighted by Gasteiger charge is -2.07. The van der Waals surface area contributed by atoms with Gasteiger partial charge in [0.1, 0.15) is 11.4 Å². The lowest BCUT2D eigenvalue weighted by molar-refractivity contribution is -0.145. The van der Waals surface area contributed by atoms with Crippen molar-refractivity contribution in [1.82, 2.24) is 9.38 Å². The number of hydrogen-bond donors (Lipinski definition) is 0. The van der Waals surface area contributed by atoms with E-state index in [1.165, 1.54) is 0 Å². The van der Waals surface area contributed by atoms with Crippen molar-refractivity contribution in [3.63, 3.8) is 0 Å². The smallest absolute Gasteiger partial charge is 0.344 e. The molecule has 0 fully saturated rings. The number of fused-ring (bicyclic) bond motifs is 1. The van der Waals surface area contributed by atoms with Crippen LogP contribution in [0.25, 0.3) is 16.9 Å². The summed E-state index contributed by atoms with van der Waals surface area (Å²) in [5, 5.41) is 0.650. The average Bonchev–Trinajstić information content (AvgIpc) is 2.96. The first-order valence-electron chi connectivity index (χ1n) is 7.19. The number of pyridine rings is 1. The molecule has 118 valence electrons. The molecule has 0 saturated heterocycles. The summed E-state index contributed by atoms with van der Waals surface area (Å²) in [7, 11) is 0. The lowest BCUT2D eigenvalue weighted by Crippen LogP contribution is -2.14. The topological polar surface area (TPSA) is 52.8 Å². The molecule has 0 aliphatic carbocycles. The van der Waals surface area contributed by atoms with Crippen LogP contribution in [0, 0.1) is 0 Å². The molecule has 6 heteroatoms. The Kier molecular flexibility index (Phi) is 4.48. The predicted octanol–water partition coefficient (Wildman–Crippen LogP) is 3.60. The van der Waals surface area contributed by atoms with Gasteiger partial charge < -0.3 is 9.47 Å². The Morgan fingerprint density at radius 2 is 2.04 bits per heavy atom. The maximum absolute atomic E-state index is 11.3. The Morgan fingerprint density at radius 3 is 2.78 bits per heavy atom. The Hall–Kier alpha value is -2.53. The highest BCUT2D eigenvalue weighted by Gasteiger charge is 2.07. The molecule has 3 rings (SSSR count). The maximum atomic E-state index is 11.3. The van der Waals surface area contributed by atoms with E-state index < -0.39 is 0 Å². The first-order valence-corrected chi connectivity index (χ1v) is 7.56. The van der Waals surface area contributed by atoms with E-state index in [9.17, 15) is 4.79 Å². The number of halogens is 1. The third kappa shape index (κ3) is 3.46. The van der Waals surface area contributed by atoms with Gasteiger partial charge in [-0.15, -0.1) is 0 Å². The second kappa shape index (κ2) is 6.71. The Balaban J connectivity index is 1.77. The molecule has 0 radical (unpaired) electrons. The number of nitrogens with zero attached hydrogens (tertiary/aromatic N) is 2. The summed E-state index contributed by atoms with van der Waals surface area (Å²) in [5.74, 6) is 0.230. The van der Waals surface area contributed by atoms with Crippen LogP contribution in [-0.2, 0) is 9.53 Å². The predicted molar refractivity (Wildman–Crippen MR) is 87.8 cm³/mol. The van der Waals surface area contributed by atoms with Crippen molar-refractivity contribution >= 4 is 23.2 Å². The number of carbonyl (C=O) groups is 1. The number of ether oxygens (including phenoxy) is 2. The summed E-state index contributed by atoms with van der Waals surface area (Å²) < 4.78 is 12.2. The minimum Gasteiger partial charge on any atom is -0.482 e. The maximum Gasteiger partial charge on any atom is 0.344 e. The summed E-state index contributed by atoms with van der Waals surface area (Å²) in [6.07, 6.45) is 3.67. The van der Waals surface area contributed by atoms with Crippen molar-refractivity contribution in [1.29, 1.82) is 0 Å². The average molecular weight is 331 g/mol. The highest BCUT2D eigenvalue weighted by atomic mass is 35.5.